The van der Waals surface area contributed by atoms with Crippen molar-refractivity contribution in [2.24, 2.45) is 0 Å². The van der Waals surface area contributed by atoms with E-state index in [9.17, 15) is 5.26 Å². The molecule has 0 atom stereocenters. The number of benzene rings is 4. The number of hydrogen-bond acceptors (Lipinski definition) is 4. The zero-order valence-electron chi connectivity index (χ0n) is 23.2. The molecule has 4 aromatic carbocycles. The standard InChI is InChI=1S/C36H30N4/c1-35(2)25-13-5-9-17-29(25)39(30-18-10-6-14-26(30)35)33-21-24(23-37)22-34(38-33)40-31-19-11-7-15-27(31)36(3,4)28-16-8-12-20-32(28)40/h5-22H,1-4H3. The Kier molecular flexibility index (Phi) is 5.18. The van der Waals surface area contributed by atoms with E-state index in [1.54, 1.807) is 0 Å². The molecule has 0 spiro atoms. The highest BCUT2D eigenvalue weighted by Crippen LogP contribution is 2.54. The van der Waals surface area contributed by atoms with Gasteiger partial charge in [0.1, 0.15) is 11.6 Å². The van der Waals surface area contributed by atoms with E-state index >= 15 is 0 Å². The summed E-state index contributed by atoms with van der Waals surface area (Å²) in [4.78, 5) is 9.75. The van der Waals surface area contributed by atoms with Crippen LogP contribution in [0.3, 0.4) is 0 Å². The quantitative estimate of drug-likeness (QED) is 0.234. The van der Waals surface area contributed by atoms with E-state index in [2.05, 4.69) is 141 Å². The van der Waals surface area contributed by atoms with Crippen molar-refractivity contribution in [2.75, 3.05) is 9.80 Å². The highest BCUT2D eigenvalue weighted by Gasteiger charge is 2.39. The lowest BCUT2D eigenvalue weighted by Gasteiger charge is -2.43. The van der Waals surface area contributed by atoms with E-state index in [4.69, 9.17) is 4.98 Å². The summed E-state index contributed by atoms with van der Waals surface area (Å²) in [5, 5.41) is 10.2. The Balaban J connectivity index is 1.50. The van der Waals surface area contributed by atoms with Crippen LogP contribution in [0.5, 0.6) is 0 Å². The van der Waals surface area contributed by atoms with Crippen molar-refractivity contribution >= 4 is 34.4 Å². The number of aromatic nitrogens is 1. The lowest BCUT2D eigenvalue weighted by Crippen LogP contribution is -2.32. The Labute approximate surface area is 235 Å². The van der Waals surface area contributed by atoms with E-state index < -0.39 is 0 Å². The van der Waals surface area contributed by atoms with Gasteiger partial charge in [-0.1, -0.05) is 100 Å². The van der Waals surface area contributed by atoms with Crippen LogP contribution in [-0.4, -0.2) is 4.98 Å². The van der Waals surface area contributed by atoms with Gasteiger partial charge in [-0.05, 0) is 58.7 Å². The lowest BCUT2D eigenvalue weighted by atomic mass is 9.73. The molecule has 0 bridgehead atoms. The van der Waals surface area contributed by atoms with E-state index in [1.807, 2.05) is 12.1 Å². The topological polar surface area (TPSA) is 43.2 Å². The molecule has 3 heterocycles. The molecule has 0 N–H and O–H groups in total. The first-order valence-corrected chi connectivity index (χ1v) is 13.7. The normalized spacial score (nSPS) is 15.8. The van der Waals surface area contributed by atoms with Crippen molar-refractivity contribution < 1.29 is 0 Å². The summed E-state index contributed by atoms with van der Waals surface area (Å²) >= 11 is 0. The predicted molar refractivity (Wildman–Crippen MR) is 163 cm³/mol. The van der Waals surface area contributed by atoms with Gasteiger partial charge in [0, 0.05) is 10.8 Å². The number of hydrogen-bond donors (Lipinski definition) is 0. The molecule has 0 saturated carbocycles. The van der Waals surface area contributed by atoms with Gasteiger partial charge in [-0.3, -0.25) is 9.80 Å². The maximum Gasteiger partial charge on any atom is 0.141 e. The molecule has 2 aliphatic rings. The number of anilines is 6. The molecular formula is C36H30N4. The summed E-state index contributed by atoms with van der Waals surface area (Å²) in [6.07, 6.45) is 0. The predicted octanol–water partition coefficient (Wildman–Crippen LogP) is 9.17. The first kappa shape index (κ1) is 24.2. The van der Waals surface area contributed by atoms with Crippen LogP contribution in [0.15, 0.2) is 109 Å². The first-order chi connectivity index (χ1) is 19.3. The van der Waals surface area contributed by atoms with Crippen LogP contribution < -0.4 is 9.80 Å². The zero-order valence-corrected chi connectivity index (χ0v) is 23.2. The Morgan fingerprint density at radius 3 is 1.12 bits per heavy atom. The van der Waals surface area contributed by atoms with Crippen molar-refractivity contribution in [1.82, 2.24) is 4.98 Å². The largest absolute Gasteiger partial charge is 0.294 e. The number of nitriles is 1. The minimum absolute atomic E-state index is 0.171. The van der Waals surface area contributed by atoms with Gasteiger partial charge < -0.3 is 0 Å². The Morgan fingerprint density at radius 1 is 0.525 bits per heavy atom. The summed E-state index contributed by atoms with van der Waals surface area (Å²) in [5.74, 6) is 1.45. The molecule has 40 heavy (non-hydrogen) atoms. The molecule has 0 radical (unpaired) electrons. The van der Waals surface area contributed by atoms with E-state index in [-0.39, 0.29) is 10.8 Å². The lowest BCUT2D eigenvalue weighted by molar-refractivity contribution is 0.630. The van der Waals surface area contributed by atoms with Crippen molar-refractivity contribution in [3.8, 4) is 6.07 Å². The van der Waals surface area contributed by atoms with Gasteiger partial charge in [0.25, 0.3) is 0 Å². The molecular weight excluding hydrogens is 488 g/mol. The number of para-hydroxylation sites is 4. The second-order valence-electron chi connectivity index (χ2n) is 11.7. The van der Waals surface area contributed by atoms with Gasteiger partial charge in [0.05, 0.1) is 34.4 Å². The van der Waals surface area contributed by atoms with Gasteiger partial charge in [0.15, 0.2) is 0 Å². The molecule has 1 aromatic heterocycles. The molecule has 0 fully saturated rings. The maximum absolute atomic E-state index is 10.2. The molecule has 0 amide bonds. The monoisotopic (exact) mass is 518 g/mol. The number of pyridine rings is 1. The smallest absolute Gasteiger partial charge is 0.141 e. The number of nitrogens with zero attached hydrogens (tertiary/aromatic N) is 4. The fraction of sp³-hybridized carbons (Fsp3) is 0.167. The van der Waals surface area contributed by atoms with E-state index in [0.717, 1.165) is 34.4 Å². The molecule has 4 nitrogen and oxygen atoms in total. The summed E-state index contributed by atoms with van der Waals surface area (Å²) in [7, 11) is 0. The third-order valence-corrected chi connectivity index (χ3v) is 8.66. The molecule has 0 aliphatic carbocycles. The molecule has 0 saturated heterocycles. The fourth-order valence-electron chi connectivity index (χ4n) is 6.63. The van der Waals surface area contributed by atoms with Crippen LogP contribution in [0.25, 0.3) is 0 Å². The Morgan fingerprint density at radius 2 is 0.825 bits per heavy atom. The summed E-state index contributed by atoms with van der Waals surface area (Å²) in [6.45, 7) is 9.09. The first-order valence-electron chi connectivity index (χ1n) is 13.7. The summed E-state index contributed by atoms with van der Waals surface area (Å²) in [6, 6.07) is 40.3. The Hall–Kier alpha value is -4.88. The average Bonchev–Trinajstić information content (AvgIpc) is 2.98. The summed E-state index contributed by atoms with van der Waals surface area (Å²) < 4.78 is 0. The highest BCUT2D eigenvalue weighted by atomic mass is 15.3. The molecule has 0 unspecified atom stereocenters. The average molecular weight is 519 g/mol. The van der Waals surface area contributed by atoms with Crippen LogP contribution in [0, 0.1) is 11.3 Å². The third kappa shape index (κ3) is 3.34. The van der Waals surface area contributed by atoms with Crippen LogP contribution in [0.2, 0.25) is 0 Å². The van der Waals surface area contributed by atoms with Gasteiger partial charge in [-0.2, -0.15) is 5.26 Å². The molecule has 4 heteroatoms. The molecule has 194 valence electrons. The Bertz CT molecular complexity index is 1620. The second-order valence-corrected chi connectivity index (χ2v) is 11.7. The van der Waals surface area contributed by atoms with Crippen LogP contribution >= 0.6 is 0 Å². The van der Waals surface area contributed by atoms with Crippen LogP contribution in [0.4, 0.5) is 34.4 Å². The van der Waals surface area contributed by atoms with Gasteiger partial charge in [0.2, 0.25) is 0 Å². The summed E-state index contributed by atoms with van der Waals surface area (Å²) in [5.41, 5.74) is 9.49. The van der Waals surface area contributed by atoms with Crippen LogP contribution in [0.1, 0.15) is 55.5 Å². The fourth-order valence-corrected chi connectivity index (χ4v) is 6.63. The van der Waals surface area contributed by atoms with Gasteiger partial charge in [-0.15, -0.1) is 0 Å². The van der Waals surface area contributed by atoms with Gasteiger partial charge >= 0.3 is 0 Å². The van der Waals surface area contributed by atoms with Crippen molar-refractivity contribution in [3.63, 3.8) is 0 Å². The van der Waals surface area contributed by atoms with Crippen LogP contribution in [-0.2, 0) is 10.8 Å². The van der Waals surface area contributed by atoms with Crippen molar-refractivity contribution in [3.05, 3.63) is 137 Å². The van der Waals surface area contributed by atoms with Crippen molar-refractivity contribution in [1.29, 1.82) is 5.26 Å². The second kappa shape index (κ2) is 8.56. The van der Waals surface area contributed by atoms with E-state index in [1.165, 1.54) is 22.3 Å². The maximum atomic E-state index is 10.2. The zero-order chi connectivity index (χ0) is 27.6. The molecule has 7 rings (SSSR count). The highest BCUT2D eigenvalue weighted by molar-refractivity contribution is 5.88. The SMILES string of the molecule is CC1(C)c2ccccc2N(c2cc(C#N)cc(N3c4ccccc4C(C)(C)c4ccccc43)n2)c2ccccc21. The molecule has 2 aliphatic heterocycles. The van der Waals surface area contributed by atoms with Crippen molar-refractivity contribution in [2.45, 2.75) is 38.5 Å². The number of fused-ring (bicyclic) bond motifs is 4. The van der Waals surface area contributed by atoms with E-state index in [0.29, 0.717) is 5.56 Å². The number of rotatable bonds is 2. The minimum Gasteiger partial charge on any atom is -0.294 e. The minimum atomic E-state index is -0.171. The molecule has 5 aromatic rings. The third-order valence-electron chi connectivity index (χ3n) is 8.66. The van der Waals surface area contributed by atoms with Gasteiger partial charge in [-0.25, -0.2) is 4.98 Å².